The van der Waals surface area contributed by atoms with E-state index in [1.807, 2.05) is 13.8 Å². The van der Waals surface area contributed by atoms with Crippen LogP contribution in [0.5, 0.6) is 0 Å². The molecular formula is C22H29N3O5S2. The van der Waals surface area contributed by atoms with Crippen LogP contribution in [-0.2, 0) is 22.9 Å². The summed E-state index contributed by atoms with van der Waals surface area (Å²) in [5.41, 5.74) is 1.70. The summed E-state index contributed by atoms with van der Waals surface area (Å²) in [5.74, 6) is -1.64. The molecule has 0 saturated heterocycles. The number of thiophene rings is 1. The number of sulfonamides is 1. The van der Waals surface area contributed by atoms with Crippen molar-refractivity contribution in [2.75, 3.05) is 30.9 Å². The lowest BCUT2D eigenvalue weighted by molar-refractivity contribution is 0.0696. The molecule has 0 aliphatic heterocycles. The highest BCUT2D eigenvalue weighted by atomic mass is 32.2. The van der Waals surface area contributed by atoms with Crippen LogP contribution in [0, 0.1) is 0 Å². The van der Waals surface area contributed by atoms with E-state index in [2.05, 4.69) is 14.9 Å². The standard InChI is InChI=1S/C22H29N3O5S2/c1-3-25(4-2)12-11-23-21(26)17-13-31-14-19(17)32(29,30)24-18-10-9-15-7-5-6-8-16(15)20(18)22(27)28/h9-10,13-14,24H,3-8,11-12H2,1-2H3,(H,23,26)(H,27,28). The molecule has 0 atom stereocenters. The van der Waals surface area contributed by atoms with E-state index in [0.717, 1.165) is 49.3 Å². The molecule has 1 aromatic heterocycles. The number of aromatic carboxylic acids is 1. The number of nitrogens with zero attached hydrogens (tertiary/aromatic N) is 1. The lowest BCUT2D eigenvalue weighted by Gasteiger charge is -2.21. The zero-order chi connectivity index (χ0) is 23.3. The number of hydrogen-bond acceptors (Lipinski definition) is 6. The highest BCUT2D eigenvalue weighted by Crippen LogP contribution is 2.32. The summed E-state index contributed by atoms with van der Waals surface area (Å²) in [6, 6.07) is 3.29. The molecule has 3 N–H and O–H groups in total. The average Bonchev–Trinajstić information content (AvgIpc) is 3.27. The van der Waals surface area contributed by atoms with Crippen molar-refractivity contribution >= 4 is 38.9 Å². The molecule has 2 aromatic rings. The van der Waals surface area contributed by atoms with Crippen molar-refractivity contribution in [1.82, 2.24) is 10.2 Å². The van der Waals surface area contributed by atoms with Gasteiger partial charge in [0.2, 0.25) is 0 Å². The SMILES string of the molecule is CCN(CC)CCNC(=O)c1cscc1S(=O)(=O)Nc1ccc2c(c1C(=O)O)CCCC2. The van der Waals surface area contributed by atoms with Gasteiger partial charge in [0.1, 0.15) is 4.90 Å². The highest BCUT2D eigenvalue weighted by molar-refractivity contribution is 7.93. The second kappa shape index (κ2) is 10.5. The van der Waals surface area contributed by atoms with Crippen molar-refractivity contribution in [2.45, 2.75) is 44.4 Å². The Balaban J connectivity index is 1.83. The molecule has 0 fully saturated rings. The summed E-state index contributed by atoms with van der Waals surface area (Å²) < 4.78 is 28.7. The third-order valence-corrected chi connectivity index (χ3v) is 8.06. The van der Waals surface area contributed by atoms with Crippen molar-refractivity contribution in [2.24, 2.45) is 0 Å². The normalized spacial score (nSPS) is 13.6. The first kappa shape index (κ1) is 24.2. The van der Waals surface area contributed by atoms with Gasteiger partial charge in [-0.1, -0.05) is 19.9 Å². The Labute approximate surface area is 192 Å². The van der Waals surface area contributed by atoms with E-state index in [4.69, 9.17) is 0 Å². The van der Waals surface area contributed by atoms with Gasteiger partial charge in [0.05, 0.1) is 16.8 Å². The van der Waals surface area contributed by atoms with Gasteiger partial charge in [-0.25, -0.2) is 13.2 Å². The Morgan fingerprint density at radius 3 is 2.53 bits per heavy atom. The lowest BCUT2D eigenvalue weighted by atomic mass is 9.87. The molecular weight excluding hydrogens is 450 g/mol. The largest absolute Gasteiger partial charge is 0.478 e. The van der Waals surface area contributed by atoms with E-state index in [0.29, 0.717) is 25.1 Å². The third-order valence-electron chi connectivity index (χ3n) is 5.76. The zero-order valence-electron chi connectivity index (χ0n) is 18.3. The van der Waals surface area contributed by atoms with Crippen molar-refractivity contribution in [3.05, 3.63) is 45.1 Å². The molecule has 0 radical (unpaired) electrons. The number of nitrogens with one attached hydrogen (secondary N) is 2. The monoisotopic (exact) mass is 479 g/mol. The molecule has 8 nitrogen and oxygen atoms in total. The van der Waals surface area contributed by atoms with Crippen LogP contribution in [-0.4, -0.2) is 56.5 Å². The van der Waals surface area contributed by atoms with Crippen LogP contribution in [0.4, 0.5) is 5.69 Å². The van der Waals surface area contributed by atoms with Crippen LogP contribution >= 0.6 is 11.3 Å². The van der Waals surface area contributed by atoms with Crippen LogP contribution in [0.25, 0.3) is 0 Å². The molecule has 0 spiro atoms. The topological polar surface area (TPSA) is 116 Å². The maximum atomic E-state index is 13.1. The summed E-state index contributed by atoms with van der Waals surface area (Å²) in [5, 5.41) is 15.4. The molecule has 1 aromatic carbocycles. The second-order valence-electron chi connectivity index (χ2n) is 7.68. The van der Waals surface area contributed by atoms with Gasteiger partial charge in [-0.3, -0.25) is 9.52 Å². The fourth-order valence-electron chi connectivity index (χ4n) is 3.98. The molecule has 3 rings (SSSR count). The minimum atomic E-state index is -4.15. The molecule has 10 heteroatoms. The van der Waals surface area contributed by atoms with E-state index in [1.54, 1.807) is 6.07 Å². The van der Waals surface area contributed by atoms with Crippen molar-refractivity contribution in [1.29, 1.82) is 0 Å². The summed E-state index contributed by atoms with van der Waals surface area (Å²) in [7, 11) is -4.15. The lowest BCUT2D eigenvalue weighted by Crippen LogP contribution is -2.35. The van der Waals surface area contributed by atoms with Gasteiger partial charge >= 0.3 is 5.97 Å². The third kappa shape index (κ3) is 5.31. The van der Waals surface area contributed by atoms with Crippen molar-refractivity contribution < 1.29 is 23.1 Å². The molecule has 174 valence electrons. The summed E-state index contributed by atoms with van der Waals surface area (Å²) in [6.07, 6.45) is 3.24. The van der Waals surface area contributed by atoms with Gasteiger partial charge in [-0.2, -0.15) is 11.3 Å². The predicted octanol–water partition coefficient (Wildman–Crippen LogP) is 3.20. The first-order valence-electron chi connectivity index (χ1n) is 10.8. The van der Waals surface area contributed by atoms with Crippen LogP contribution in [0.1, 0.15) is 58.5 Å². The minimum Gasteiger partial charge on any atom is -0.478 e. The predicted molar refractivity (Wildman–Crippen MR) is 125 cm³/mol. The Hall–Kier alpha value is -2.43. The molecule has 0 unspecified atom stereocenters. The number of carboxylic acid groups (broad SMARTS) is 1. The number of amides is 1. The van der Waals surface area contributed by atoms with Crippen molar-refractivity contribution in [3.63, 3.8) is 0 Å². The van der Waals surface area contributed by atoms with E-state index in [-0.39, 0.29) is 21.7 Å². The molecule has 1 heterocycles. The molecule has 32 heavy (non-hydrogen) atoms. The van der Waals surface area contributed by atoms with Gasteiger partial charge < -0.3 is 15.3 Å². The van der Waals surface area contributed by atoms with Gasteiger partial charge in [0.25, 0.3) is 15.9 Å². The van der Waals surface area contributed by atoms with E-state index >= 15 is 0 Å². The first-order valence-corrected chi connectivity index (χ1v) is 13.2. The summed E-state index contributed by atoms with van der Waals surface area (Å²) in [6.45, 7) is 6.86. The second-order valence-corrected chi connectivity index (χ2v) is 10.1. The number of hydrogen-bond donors (Lipinski definition) is 3. The maximum Gasteiger partial charge on any atom is 0.338 e. The summed E-state index contributed by atoms with van der Waals surface area (Å²) in [4.78, 5) is 26.6. The molecule has 0 saturated carbocycles. The molecule has 1 amide bonds. The smallest absolute Gasteiger partial charge is 0.338 e. The maximum absolute atomic E-state index is 13.1. The van der Waals surface area contributed by atoms with E-state index in [1.165, 1.54) is 16.8 Å². The Kier molecular flexibility index (Phi) is 7.91. The number of carbonyl (C=O) groups is 2. The Morgan fingerprint density at radius 2 is 1.84 bits per heavy atom. The number of rotatable bonds is 10. The molecule has 1 aliphatic rings. The fraction of sp³-hybridized carbons (Fsp3) is 0.455. The highest BCUT2D eigenvalue weighted by Gasteiger charge is 2.27. The van der Waals surface area contributed by atoms with Gasteiger partial charge in [0.15, 0.2) is 0 Å². The minimum absolute atomic E-state index is 0.00812. The molecule has 1 aliphatic carbocycles. The van der Waals surface area contributed by atoms with Crippen LogP contribution in [0.3, 0.4) is 0 Å². The first-order chi connectivity index (χ1) is 15.3. The van der Waals surface area contributed by atoms with Gasteiger partial charge in [0, 0.05) is 23.8 Å². The number of aryl methyl sites for hydroxylation is 1. The number of likely N-dealkylation sites (N-methyl/N-ethyl adjacent to an activating group) is 1. The van der Waals surface area contributed by atoms with Crippen LogP contribution in [0.2, 0.25) is 0 Å². The van der Waals surface area contributed by atoms with Gasteiger partial charge in [-0.05, 0) is 56.0 Å². The number of fused-ring (bicyclic) bond motifs is 1. The number of anilines is 1. The summed E-state index contributed by atoms with van der Waals surface area (Å²) >= 11 is 1.11. The van der Waals surface area contributed by atoms with Crippen molar-refractivity contribution in [3.8, 4) is 0 Å². The quantitative estimate of drug-likeness (QED) is 0.482. The van der Waals surface area contributed by atoms with Gasteiger partial charge in [-0.15, -0.1) is 0 Å². The number of benzene rings is 1. The van der Waals surface area contributed by atoms with Crippen LogP contribution in [0.15, 0.2) is 27.8 Å². The van der Waals surface area contributed by atoms with E-state index < -0.39 is 21.9 Å². The van der Waals surface area contributed by atoms with Crippen LogP contribution < -0.4 is 10.0 Å². The Bertz CT molecular complexity index is 1090. The Morgan fingerprint density at radius 1 is 1.12 bits per heavy atom. The average molecular weight is 480 g/mol. The number of carboxylic acids is 1. The zero-order valence-corrected chi connectivity index (χ0v) is 19.9. The fourth-order valence-corrected chi connectivity index (χ4v) is 6.43. The van der Waals surface area contributed by atoms with E-state index in [9.17, 15) is 23.1 Å². The molecule has 0 bridgehead atoms. The number of carbonyl (C=O) groups excluding carboxylic acids is 1.